The number of allylic oxidation sites excluding steroid dienone is 1. The third kappa shape index (κ3) is 4.12. The smallest absolute Gasteiger partial charge is 0.251 e. The number of halogens is 1. The van der Waals surface area contributed by atoms with E-state index in [1.807, 2.05) is 30.3 Å². The molecule has 27 heavy (non-hydrogen) atoms. The normalized spacial score (nSPS) is 18.5. The first kappa shape index (κ1) is 18.3. The first-order chi connectivity index (χ1) is 13.2. The molecule has 4 rings (SSSR count). The molecule has 1 saturated carbocycles. The van der Waals surface area contributed by atoms with Gasteiger partial charge in [-0.05, 0) is 61.3 Å². The first-order valence-electron chi connectivity index (χ1n) is 9.53. The van der Waals surface area contributed by atoms with Crippen LogP contribution in [0.1, 0.15) is 48.4 Å². The van der Waals surface area contributed by atoms with Gasteiger partial charge in [0.25, 0.3) is 5.56 Å². The maximum Gasteiger partial charge on any atom is 0.251 e. The fourth-order valence-electron chi connectivity index (χ4n) is 3.65. The van der Waals surface area contributed by atoms with E-state index in [9.17, 15) is 4.79 Å². The summed E-state index contributed by atoms with van der Waals surface area (Å²) in [5, 5.41) is 0.560. The Morgan fingerprint density at radius 1 is 1.19 bits per heavy atom. The molecule has 1 aromatic carbocycles. The molecule has 1 aromatic heterocycles. The van der Waals surface area contributed by atoms with Crippen LogP contribution in [0, 0.1) is 5.92 Å². The molecule has 4 nitrogen and oxygen atoms in total. The summed E-state index contributed by atoms with van der Waals surface area (Å²) in [5.74, 6) is 1.49. The molecular weight excluding hydrogens is 362 g/mol. The monoisotopic (exact) mass is 385 g/mol. The number of aromatic nitrogens is 1. The highest BCUT2D eigenvalue weighted by atomic mass is 35.5. The van der Waals surface area contributed by atoms with Crippen LogP contribution in [-0.4, -0.2) is 25.3 Å². The van der Waals surface area contributed by atoms with Gasteiger partial charge in [-0.15, -0.1) is 0 Å². The number of ether oxygens (including phenoxy) is 2. The Labute approximate surface area is 164 Å². The van der Waals surface area contributed by atoms with Crippen molar-refractivity contribution in [2.45, 2.75) is 31.6 Å². The highest BCUT2D eigenvalue weighted by Crippen LogP contribution is 2.38. The van der Waals surface area contributed by atoms with E-state index in [4.69, 9.17) is 21.1 Å². The van der Waals surface area contributed by atoms with Crippen molar-refractivity contribution in [1.82, 2.24) is 4.98 Å². The first-order valence-corrected chi connectivity index (χ1v) is 9.90. The summed E-state index contributed by atoms with van der Waals surface area (Å²) in [6.45, 7) is 1.55. The lowest BCUT2D eigenvalue weighted by Gasteiger charge is -2.21. The Kier molecular flexibility index (Phi) is 5.37. The summed E-state index contributed by atoms with van der Waals surface area (Å²) in [6.07, 6.45) is 6.45. The number of hydrogen-bond acceptors (Lipinski definition) is 3. The number of H-pyrrole nitrogens is 1. The topological polar surface area (TPSA) is 51.3 Å². The maximum atomic E-state index is 12.6. The van der Waals surface area contributed by atoms with Gasteiger partial charge < -0.3 is 14.5 Å². The van der Waals surface area contributed by atoms with Gasteiger partial charge in [-0.25, -0.2) is 0 Å². The lowest BCUT2D eigenvalue weighted by molar-refractivity contribution is 0.0786. The van der Waals surface area contributed by atoms with E-state index in [1.165, 1.54) is 0 Å². The lowest BCUT2D eigenvalue weighted by atomic mass is 9.92. The summed E-state index contributed by atoms with van der Waals surface area (Å²) in [6, 6.07) is 9.76. The van der Waals surface area contributed by atoms with Crippen LogP contribution in [0.4, 0.5) is 0 Å². The SMILES string of the molecule is COc1ccc(/C(=C\C2CCOCC2)c2ccc(C3CC3)c(=O)[nH]2)cc1Cl. The van der Waals surface area contributed by atoms with E-state index >= 15 is 0 Å². The molecule has 5 heteroatoms. The van der Waals surface area contributed by atoms with Crippen LogP contribution < -0.4 is 10.3 Å². The van der Waals surface area contributed by atoms with Crippen molar-refractivity contribution >= 4 is 17.2 Å². The van der Waals surface area contributed by atoms with Crippen molar-refractivity contribution in [2.24, 2.45) is 5.92 Å². The second kappa shape index (κ2) is 7.91. The van der Waals surface area contributed by atoms with Gasteiger partial charge in [0.05, 0.1) is 12.1 Å². The van der Waals surface area contributed by atoms with E-state index < -0.39 is 0 Å². The number of pyridine rings is 1. The van der Waals surface area contributed by atoms with Crippen molar-refractivity contribution in [2.75, 3.05) is 20.3 Å². The number of benzene rings is 1. The Hall–Kier alpha value is -2.04. The Morgan fingerprint density at radius 3 is 2.59 bits per heavy atom. The molecular formula is C22H24ClNO3. The zero-order chi connectivity index (χ0) is 18.8. The van der Waals surface area contributed by atoms with E-state index in [-0.39, 0.29) is 5.56 Å². The third-order valence-electron chi connectivity index (χ3n) is 5.38. The summed E-state index contributed by atoms with van der Waals surface area (Å²) >= 11 is 6.37. The molecule has 0 unspecified atom stereocenters. The summed E-state index contributed by atoms with van der Waals surface area (Å²) in [7, 11) is 1.60. The predicted octanol–water partition coefficient (Wildman–Crippen LogP) is 4.77. The van der Waals surface area contributed by atoms with Gasteiger partial charge in [0.1, 0.15) is 5.75 Å². The average Bonchev–Trinajstić information content (AvgIpc) is 3.52. The number of methoxy groups -OCH3 is 1. The molecule has 2 aliphatic rings. The number of rotatable bonds is 5. The van der Waals surface area contributed by atoms with Gasteiger partial charge in [0.15, 0.2) is 0 Å². The average molecular weight is 386 g/mol. The van der Waals surface area contributed by atoms with Gasteiger partial charge in [-0.3, -0.25) is 4.79 Å². The molecule has 0 spiro atoms. The predicted molar refractivity (Wildman–Crippen MR) is 108 cm³/mol. The molecule has 1 aliphatic carbocycles. The largest absolute Gasteiger partial charge is 0.495 e. The summed E-state index contributed by atoms with van der Waals surface area (Å²) < 4.78 is 10.8. The van der Waals surface area contributed by atoms with Crippen LogP contribution in [0.5, 0.6) is 5.75 Å². The van der Waals surface area contributed by atoms with Crippen molar-refractivity contribution in [3.8, 4) is 5.75 Å². The maximum absolute atomic E-state index is 12.6. The Morgan fingerprint density at radius 2 is 1.96 bits per heavy atom. The van der Waals surface area contributed by atoms with Gasteiger partial charge in [-0.1, -0.05) is 29.8 Å². The molecule has 1 N–H and O–H groups in total. The van der Waals surface area contributed by atoms with Crippen LogP contribution in [0.3, 0.4) is 0 Å². The van der Waals surface area contributed by atoms with E-state index in [1.54, 1.807) is 7.11 Å². The number of nitrogens with one attached hydrogen (secondary N) is 1. The van der Waals surface area contributed by atoms with Crippen molar-refractivity contribution in [3.05, 3.63) is 68.6 Å². The molecule has 0 atom stereocenters. The molecule has 0 bridgehead atoms. The van der Waals surface area contributed by atoms with Crippen LogP contribution in [0.15, 0.2) is 41.2 Å². The van der Waals surface area contributed by atoms with Gasteiger partial charge >= 0.3 is 0 Å². The zero-order valence-electron chi connectivity index (χ0n) is 15.5. The van der Waals surface area contributed by atoms with Gasteiger partial charge in [0.2, 0.25) is 0 Å². The van der Waals surface area contributed by atoms with Crippen LogP contribution >= 0.6 is 11.6 Å². The quantitative estimate of drug-likeness (QED) is 0.806. The minimum Gasteiger partial charge on any atom is -0.495 e. The van der Waals surface area contributed by atoms with Crippen LogP contribution in [0.2, 0.25) is 5.02 Å². The molecule has 0 amide bonds. The Balaban J connectivity index is 1.75. The van der Waals surface area contributed by atoms with Crippen LogP contribution in [-0.2, 0) is 4.74 Å². The highest BCUT2D eigenvalue weighted by Gasteiger charge is 2.26. The van der Waals surface area contributed by atoms with Gasteiger partial charge in [-0.2, -0.15) is 0 Å². The Bertz CT molecular complexity index is 908. The zero-order valence-corrected chi connectivity index (χ0v) is 16.2. The lowest BCUT2D eigenvalue weighted by Crippen LogP contribution is -2.16. The molecule has 2 aromatic rings. The number of aromatic amines is 1. The van der Waals surface area contributed by atoms with Crippen molar-refractivity contribution in [1.29, 1.82) is 0 Å². The molecule has 2 fully saturated rings. The molecule has 1 saturated heterocycles. The van der Waals surface area contributed by atoms with Crippen molar-refractivity contribution < 1.29 is 9.47 Å². The summed E-state index contributed by atoms with van der Waals surface area (Å²) in [5.41, 5.74) is 3.73. The fourth-order valence-corrected chi connectivity index (χ4v) is 3.91. The second-order valence-electron chi connectivity index (χ2n) is 7.31. The minimum absolute atomic E-state index is 0.0208. The van der Waals surface area contributed by atoms with E-state index in [0.717, 1.165) is 61.3 Å². The van der Waals surface area contributed by atoms with Crippen molar-refractivity contribution in [3.63, 3.8) is 0 Å². The number of hydrogen-bond donors (Lipinski definition) is 1. The van der Waals surface area contributed by atoms with E-state index in [2.05, 4.69) is 11.1 Å². The van der Waals surface area contributed by atoms with Crippen LogP contribution in [0.25, 0.3) is 5.57 Å². The fraction of sp³-hybridized carbons (Fsp3) is 0.409. The van der Waals surface area contributed by atoms with Gasteiger partial charge in [0, 0.05) is 30.0 Å². The molecule has 142 valence electrons. The van der Waals surface area contributed by atoms with E-state index in [0.29, 0.717) is 22.6 Å². The molecule has 2 heterocycles. The highest BCUT2D eigenvalue weighted by molar-refractivity contribution is 6.32. The summed E-state index contributed by atoms with van der Waals surface area (Å²) in [4.78, 5) is 15.7. The second-order valence-corrected chi connectivity index (χ2v) is 7.72. The molecule has 0 radical (unpaired) electrons. The third-order valence-corrected chi connectivity index (χ3v) is 5.67. The standard InChI is InChI=1S/C22H24ClNO3/c1-26-21-7-4-16(13-19(21)23)18(12-14-8-10-27-11-9-14)20-6-5-17(15-2-3-15)22(25)24-20/h4-7,12-15H,2-3,8-11H2,1H3,(H,24,25)/b18-12+. The molecule has 1 aliphatic heterocycles. The minimum atomic E-state index is 0.0208.